The fourth-order valence-corrected chi connectivity index (χ4v) is 3.50. The largest absolute Gasteiger partial charge is 0.367 e. The predicted octanol–water partition coefficient (Wildman–Crippen LogP) is 3.71. The molecule has 3 rings (SSSR count). The quantitative estimate of drug-likeness (QED) is 0.862. The first-order valence-electron chi connectivity index (χ1n) is 9.57. The Hall–Kier alpha value is -2.33. The van der Waals surface area contributed by atoms with Crippen molar-refractivity contribution in [3.63, 3.8) is 0 Å². The first-order valence-corrected chi connectivity index (χ1v) is 9.57. The van der Waals surface area contributed by atoms with Gasteiger partial charge in [0.1, 0.15) is 0 Å². The van der Waals surface area contributed by atoms with Gasteiger partial charge < -0.3 is 15.1 Å². The van der Waals surface area contributed by atoms with Crippen LogP contribution in [-0.4, -0.2) is 43.5 Å². The minimum atomic E-state index is 0.0751. The van der Waals surface area contributed by atoms with Gasteiger partial charge in [-0.05, 0) is 37.6 Å². The molecule has 1 aliphatic rings. The molecule has 1 amide bonds. The van der Waals surface area contributed by atoms with Gasteiger partial charge in [-0.3, -0.25) is 4.79 Å². The average Bonchev–Trinajstić information content (AvgIpc) is 2.67. The maximum Gasteiger partial charge on any atom is 0.224 e. The van der Waals surface area contributed by atoms with E-state index >= 15 is 0 Å². The molecule has 1 saturated heterocycles. The van der Waals surface area contributed by atoms with E-state index in [-0.39, 0.29) is 5.91 Å². The number of piperazine rings is 1. The van der Waals surface area contributed by atoms with E-state index < -0.39 is 0 Å². The predicted molar refractivity (Wildman–Crippen MR) is 109 cm³/mol. The normalized spacial score (nSPS) is 15.1. The molecule has 2 aromatic carbocycles. The second-order valence-corrected chi connectivity index (χ2v) is 6.98. The molecular weight excluding hydrogens is 322 g/mol. The van der Waals surface area contributed by atoms with Crippen LogP contribution in [0.1, 0.15) is 24.5 Å². The molecule has 138 valence electrons. The summed E-state index contributed by atoms with van der Waals surface area (Å²) in [5.74, 6) is 0.0751. The molecule has 1 aliphatic heterocycles. The summed E-state index contributed by atoms with van der Waals surface area (Å²) in [7, 11) is 0. The molecule has 0 radical (unpaired) electrons. The SMILES string of the molecule is CCN1CCN(c2ccccc2NC(=O)CCc2cccc(C)c2)CC1. The molecule has 0 aliphatic carbocycles. The number of carbonyl (C=O) groups excluding carboxylic acids is 1. The average molecular weight is 351 g/mol. The molecule has 4 nitrogen and oxygen atoms in total. The Morgan fingerprint density at radius 2 is 1.81 bits per heavy atom. The van der Waals surface area contributed by atoms with Gasteiger partial charge in [0, 0.05) is 32.6 Å². The summed E-state index contributed by atoms with van der Waals surface area (Å²) in [4.78, 5) is 17.3. The number of amides is 1. The third kappa shape index (κ3) is 4.85. The molecule has 26 heavy (non-hydrogen) atoms. The highest BCUT2D eigenvalue weighted by Crippen LogP contribution is 2.26. The smallest absolute Gasteiger partial charge is 0.224 e. The van der Waals surface area contributed by atoms with Crippen molar-refractivity contribution in [3.8, 4) is 0 Å². The first-order chi connectivity index (χ1) is 12.7. The molecule has 0 bridgehead atoms. The Labute approximate surface area is 156 Å². The molecule has 0 spiro atoms. The minimum Gasteiger partial charge on any atom is -0.367 e. The molecule has 0 saturated carbocycles. The summed E-state index contributed by atoms with van der Waals surface area (Å²) in [5, 5.41) is 3.12. The van der Waals surface area contributed by atoms with Crippen LogP contribution in [0.5, 0.6) is 0 Å². The van der Waals surface area contributed by atoms with Crippen LogP contribution < -0.4 is 10.2 Å². The number of likely N-dealkylation sites (N-methyl/N-ethyl adjacent to an activating group) is 1. The minimum absolute atomic E-state index is 0.0751. The van der Waals surface area contributed by atoms with Crippen LogP contribution >= 0.6 is 0 Å². The van der Waals surface area contributed by atoms with Gasteiger partial charge in [-0.15, -0.1) is 0 Å². The molecular formula is C22H29N3O. The van der Waals surface area contributed by atoms with Crippen molar-refractivity contribution < 1.29 is 4.79 Å². The summed E-state index contributed by atoms with van der Waals surface area (Å²) < 4.78 is 0. The highest BCUT2D eigenvalue weighted by Gasteiger charge is 2.18. The van der Waals surface area contributed by atoms with Gasteiger partial charge in [-0.1, -0.05) is 48.9 Å². The summed E-state index contributed by atoms with van der Waals surface area (Å²) >= 11 is 0. The number of nitrogens with one attached hydrogen (secondary N) is 1. The van der Waals surface area contributed by atoms with Crippen molar-refractivity contribution in [1.29, 1.82) is 0 Å². The second kappa shape index (κ2) is 8.86. The Morgan fingerprint density at radius 3 is 2.54 bits per heavy atom. The summed E-state index contributed by atoms with van der Waals surface area (Å²) in [6, 6.07) is 16.5. The maximum atomic E-state index is 12.5. The van der Waals surface area contributed by atoms with E-state index in [9.17, 15) is 4.79 Å². The van der Waals surface area contributed by atoms with Crippen molar-refractivity contribution >= 4 is 17.3 Å². The number of rotatable bonds is 6. The lowest BCUT2D eigenvalue weighted by molar-refractivity contribution is -0.116. The van der Waals surface area contributed by atoms with Gasteiger partial charge >= 0.3 is 0 Å². The van der Waals surface area contributed by atoms with Gasteiger partial charge in [-0.2, -0.15) is 0 Å². The fourth-order valence-electron chi connectivity index (χ4n) is 3.50. The molecule has 1 heterocycles. The molecule has 2 aromatic rings. The number of nitrogens with zero attached hydrogens (tertiary/aromatic N) is 2. The van der Waals surface area contributed by atoms with Gasteiger partial charge in [0.2, 0.25) is 5.91 Å². The van der Waals surface area contributed by atoms with Crippen molar-refractivity contribution in [1.82, 2.24) is 4.90 Å². The Morgan fingerprint density at radius 1 is 1.04 bits per heavy atom. The number of carbonyl (C=O) groups is 1. The van der Waals surface area contributed by atoms with E-state index in [1.807, 2.05) is 24.3 Å². The lowest BCUT2D eigenvalue weighted by Gasteiger charge is -2.36. The summed E-state index contributed by atoms with van der Waals surface area (Å²) in [6.07, 6.45) is 1.27. The summed E-state index contributed by atoms with van der Waals surface area (Å²) in [5.41, 5.74) is 4.50. The van der Waals surface area contributed by atoms with Crippen molar-refractivity contribution in [2.45, 2.75) is 26.7 Å². The fraction of sp³-hybridized carbons (Fsp3) is 0.409. The number of hydrogen-bond donors (Lipinski definition) is 1. The lowest BCUT2D eigenvalue weighted by atomic mass is 10.1. The van der Waals surface area contributed by atoms with Gasteiger partial charge in [0.05, 0.1) is 11.4 Å². The molecule has 1 N–H and O–H groups in total. The van der Waals surface area contributed by atoms with Gasteiger partial charge in [0.15, 0.2) is 0 Å². The second-order valence-electron chi connectivity index (χ2n) is 6.98. The van der Waals surface area contributed by atoms with Crippen molar-refractivity contribution in [3.05, 3.63) is 59.7 Å². The third-order valence-corrected chi connectivity index (χ3v) is 5.06. The first kappa shape index (κ1) is 18.5. The third-order valence-electron chi connectivity index (χ3n) is 5.06. The van der Waals surface area contributed by atoms with Crippen LogP contribution in [0, 0.1) is 6.92 Å². The number of hydrogen-bond acceptors (Lipinski definition) is 3. The number of para-hydroxylation sites is 2. The topological polar surface area (TPSA) is 35.6 Å². The van der Waals surface area contributed by atoms with E-state index in [1.54, 1.807) is 0 Å². The number of aryl methyl sites for hydroxylation is 2. The summed E-state index contributed by atoms with van der Waals surface area (Å²) in [6.45, 7) is 9.55. The van der Waals surface area contributed by atoms with E-state index in [4.69, 9.17) is 0 Å². The van der Waals surface area contributed by atoms with Crippen molar-refractivity contribution in [2.75, 3.05) is 42.9 Å². The monoisotopic (exact) mass is 351 g/mol. The van der Waals surface area contributed by atoms with E-state index in [1.165, 1.54) is 11.1 Å². The van der Waals surface area contributed by atoms with Crippen LogP contribution in [0.2, 0.25) is 0 Å². The molecule has 0 aromatic heterocycles. The molecule has 0 unspecified atom stereocenters. The molecule has 1 fully saturated rings. The standard InChI is InChI=1S/C22H29N3O/c1-3-24-13-15-25(16-14-24)21-10-5-4-9-20(21)23-22(26)12-11-19-8-6-7-18(2)17-19/h4-10,17H,3,11-16H2,1-2H3,(H,23,26). The van der Waals surface area contributed by atoms with Crippen LogP contribution in [-0.2, 0) is 11.2 Å². The lowest BCUT2D eigenvalue weighted by Crippen LogP contribution is -2.46. The Bertz CT molecular complexity index is 736. The van der Waals surface area contributed by atoms with Crippen LogP contribution in [0.4, 0.5) is 11.4 Å². The molecule has 4 heteroatoms. The number of anilines is 2. The Kier molecular flexibility index (Phi) is 6.29. The van der Waals surface area contributed by atoms with Gasteiger partial charge in [0.25, 0.3) is 0 Å². The maximum absolute atomic E-state index is 12.5. The van der Waals surface area contributed by atoms with Crippen molar-refractivity contribution in [2.24, 2.45) is 0 Å². The van der Waals surface area contributed by atoms with E-state index in [2.05, 4.69) is 53.2 Å². The molecule has 0 atom stereocenters. The van der Waals surface area contributed by atoms with E-state index in [0.717, 1.165) is 50.5 Å². The zero-order chi connectivity index (χ0) is 18.4. The zero-order valence-corrected chi connectivity index (χ0v) is 15.9. The Balaban J connectivity index is 1.60. The van der Waals surface area contributed by atoms with E-state index in [0.29, 0.717) is 6.42 Å². The van der Waals surface area contributed by atoms with Crippen LogP contribution in [0.25, 0.3) is 0 Å². The van der Waals surface area contributed by atoms with Gasteiger partial charge in [-0.25, -0.2) is 0 Å². The zero-order valence-electron chi connectivity index (χ0n) is 15.9. The van der Waals surface area contributed by atoms with Crippen LogP contribution in [0.3, 0.4) is 0 Å². The number of benzene rings is 2. The highest BCUT2D eigenvalue weighted by molar-refractivity contribution is 5.94. The highest BCUT2D eigenvalue weighted by atomic mass is 16.1. The van der Waals surface area contributed by atoms with Crippen LogP contribution in [0.15, 0.2) is 48.5 Å².